The van der Waals surface area contributed by atoms with E-state index in [1.165, 1.54) is 4.90 Å². The molecule has 9 aliphatic rings. The Labute approximate surface area is 369 Å². The Balaban J connectivity index is 1.01. The topological polar surface area (TPSA) is 170 Å². The van der Waals surface area contributed by atoms with Crippen molar-refractivity contribution in [2.75, 3.05) is 39.5 Å². The molecule has 6 aliphatic heterocycles. The molecule has 0 spiro atoms. The van der Waals surface area contributed by atoms with Crippen LogP contribution in [0.25, 0.3) is 0 Å². The van der Waals surface area contributed by atoms with E-state index >= 15 is 0 Å². The molecule has 63 heavy (non-hydrogen) atoms. The first kappa shape index (κ1) is 44.8. The number of carbonyl (C=O) groups is 2. The van der Waals surface area contributed by atoms with E-state index in [0.717, 1.165) is 62.5 Å². The summed E-state index contributed by atoms with van der Waals surface area (Å²) in [7, 11) is -8.70. The maximum absolute atomic E-state index is 14.3. The number of hydrogen-bond acceptors (Lipinski definition) is 10. The van der Waals surface area contributed by atoms with Crippen LogP contribution in [0.5, 0.6) is 11.5 Å². The van der Waals surface area contributed by atoms with Gasteiger partial charge in [-0.2, -0.15) is 8.78 Å². The van der Waals surface area contributed by atoms with Crippen LogP contribution in [0.1, 0.15) is 125 Å². The number of nitrogens with one attached hydrogen (secondary N) is 2. The number of ether oxygens (including phenoxy) is 4. The molecule has 1 unspecified atom stereocenters. The Kier molecular flexibility index (Phi) is 12.9. The minimum Gasteiger partial charge on any atom is -0.483 e. The quantitative estimate of drug-likeness (QED) is 0.373. The SMILES string of the molecule is CC1(S(=O)(=O)N[C@H]2CCCN3C(=O)COc4cc(C5C[C@H](NS(=O)(=O)C(F)F)[C@@H]6COC7CCC(CC7)c7ccccc7OCC(=O)N6C5)ccc4C4CCC(CC4)OC[C@@H]23)CC1. The molecule has 5 fully saturated rings. The van der Waals surface area contributed by atoms with Crippen LogP contribution in [-0.2, 0) is 39.1 Å². The van der Waals surface area contributed by atoms with E-state index in [-0.39, 0.29) is 69.3 Å². The number of piperidine rings is 2. The number of fused-ring (bicyclic) bond motifs is 10. The number of carbonyl (C=O) groups excluding carboxylic acids is 2. The average Bonchev–Trinajstić information content (AvgIpc) is 4.04. The molecule has 2 amide bonds. The summed E-state index contributed by atoms with van der Waals surface area (Å²) in [6.07, 6.45) is 8.60. The fraction of sp³-hybridized carbons (Fsp3) is 0.689. The van der Waals surface area contributed by atoms with Crippen LogP contribution in [0, 0.1) is 0 Å². The zero-order valence-electron chi connectivity index (χ0n) is 35.8. The summed E-state index contributed by atoms with van der Waals surface area (Å²) in [4.78, 5) is 31.7. The van der Waals surface area contributed by atoms with Crippen molar-refractivity contribution in [2.24, 2.45) is 0 Å². The summed E-state index contributed by atoms with van der Waals surface area (Å²) in [6, 6.07) is 10.4. The largest absolute Gasteiger partial charge is 0.483 e. The van der Waals surface area contributed by atoms with E-state index in [1.54, 1.807) is 11.8 Å². The standard InChI is InChI=1S/C45H60F2N4O10S2/c1-45(18-19-45)63(56,57)49-36-6-4-20-50-38(36)24-58-32-15-10-29(11-16-32)35-17-12-30(22-41(35)61-26-42(50)52)31-21-37(48-62(54,55)44(46)47)39-25-59-33-13-8-28(9-14-33)34-5-2-3-7-40(34)60-27-43(53)51(39)23-31/h2-3,5,7,12,17,22,28-29,31-33,36-39,44,48-49H,4,6,8-11,13-16,18-21,23-27H2,1H3/t28?,29?,31?,32?,33?,36-,37-,38-,39-/m0/s1. The van der Waals surface area contributed by atoms with Crippen molar-refractivity contribution in [3.05, 3.63) is 59.2 Å². The Morgan fingerprint density at radius 1 is 0.698 bits per heavy atom. The summed E-state index contributed by atoms with van der Waals surface area (Å²) < 4.78 is 111. The van der Waals surface area contributed by atoms with Gasteiger partial charge in [-0.05, 0) is 131 Å². The third-order valence-corrected chi connectivity index (χ3v) is 18.5. The van der Waals surface area contributed by atoms with Crippen molar-refractivity contribution >= 4 is 31.9 Å². The molecule has 346 valence electrons. The molecule has 3 saturated carbocycles. The highest BCUT2D eigenvalue weighted by atomic mass is 32.2. The lowest BCUT2D eigenvalue weighted by atomic mass is 9.80. The zero-order valence-corrected chi connectivity index (χ0v) is 37.4. The van der Waals surface area contributed by atoms with Crippen molar-refractivity contribution in [3.63, 3.8) is 0 Å². The van der Waals surface area contributed by atoms with E-state index in [0.29, 0.717) is 49.3 Å². The van der Waals surface area contributed by atoms with Gasteiger partial charge < -0.3 is 28.7 Å². The Morgan fingerprint density at radius 2 is 1.29 bits per heavy atom. The number of alkyl halides is 2. The molecule has 0 aromatic heterocycles. The minimum atomic E-state index is -5.08. The van der Waals surface area contributed by atoms with Crippen molar-refractivity contribution in [1.82, 2.24) is 19.2 Å². The van der Waals surface area contributed by atoms with Crippen LogP contribution in [0.2, 0.25) is 0 Å². The lowest BCUT2D eigenvalue weighted by molar-refractivity contribution is -0.141. The number of halogens is 2. The van der Waals surface area contributed by atoms with Crippen molar-refractivity contribution < 1.29 is 54.2 Å². The van der Waals surface area contributed by atoms with Crippen LogP contribution in [0.4, 0.5) is 8.78 Å². The normalized spacial score (nSPS) is 32.7. The number of para-hydroxylation sites is 1. The Morgan fingerprint density at radius 3 is 1.92 bits per heavy atom. The first-order valence-electron chi connectivity index (χ1n) is 22.8. The first-order chi connectivity index (χ1) is 30.2. The predicted molar refractivity (Wildman–Crippen MR) is 229 cm³/mol. The molecule has 2 aromatic rings. The van der Waals surface area contributed by atoms with E-state index in [4.69, 9.17) is 18.9 Å². The third kappa shape index (κ3) is 9.49. The third-order valence-electron chi connectivity index (χ3n) is 15.1. The average molecular weight is 919 g/mol. The summed E-state index contributed by atoms with van der Waals surface area (Å²) in [6.45, 7) is 1.81. The second kappa shape index (κ2) is 18.1. The second-order valence-electron chi connectivity index (χ2n) is 19.1. The highest BCUT2D eigenvalue weighted by molar-refractivity contribution is 7.91. The lowest BCUT2D eigenvalue weighted by Gasteiger charge is -2.45. The maximum Gasteiger partial charge on any atom is 0.350 e. The number of rotatable bonds is 7. The van der Waals surface area contributed by atoms with Gasteiger partial charge in [0.05, 0.1) is 42.3 Å². The highest BCUT2D eigenvalue weighted by Crippen LogP contribution is 2.45. The molecule has 6 heterocycles. The maximum atomic E-state index is 14.3. The minimum absolute atomic E-state index is 0.0436. The molecule has 2 N–H and O–H groups in total. The van der Waals surface area contributed by atoms with Gasteiger partial charge in [-0.3, -0.25) is 9.59 Å². The van der Waals surface area contributed by atoms with Gasteiger partial charge in [0.1, 0.15) is 11.5 Å². The molecule has 14 nitrogen and oxygen atoms in total. The fourth-order valence-corrected chi connectivity index (χ4v) is 13.3. The summed E-state index contributed by atoms with van der Waals surface area (Å²) >= 11 is 0. The smallest absolute Gasteiger partial charge is 0.350 e. The molecule has 11 rings (SSSR count). The van der Waals surface area contributed by atoms with Gasteiger partial charge in [0.15, 0.2) is 13.2 Å². The number of amides is 2. The Hall–Kier alpha value is -3.42. The molecule has 2 saturated heterocycles. The molecule has 2 aromatic carbocycles. The van der Waals surface area contributed by atoms with E-state index in [1.807, 2.05) is 42.5 Å². The number of sulfonamides is 2. The number of hydrogen-bond donors (Lipinski definition) is 2. The lowest BCUT2D eigenvalue weighted by Crippen LogP contribution is -2.61. The first-order valence-corrected chi connectivity index (χ1v) is 25.8. The van der Waals surface area contributed by atoms with Gasteiger partial charge in [-0.25, -0.2) is 26.3 Å². The predicted octanol–water partition coefficient (Wildman–Crippen LogP) is 5.28. The van der Waals surface area contributed by atoms with Crippen LogP contribution in [-0.4, -0.2) is 125 Å². The molecule has 0 radical (unpaired) electrons. The van der Waals surface area contributed by atoms with Crippen molar-refractivity contribution in [2.45, 2.75) is 155 Å². The number of nitrogens with zero attached hydrogens (tertiary/aromatic N) is 2. The number of benzene rings is 2. The molecule has 3 aliphatic carbocycles. The molecule has 5 atom stereocenters. The summed E-state index contributed by atoms with van der Waals surface area (Å²) in [5.41, 5.74) is 2.64. The second-order valence-corrected chi connectivity index (χ2v) is 23.0. The van der Waals surface area contributed by atoms with Gasteiger partial charge in [0, 0.05) is 31.1 Å². The molecule has 18 heteroatoms. The zero-order chi connectivity index (χ0) is 44.1. The molecule has 4 bridgehead atoms. The highest BCUT2D eigenvalue weighted by Gasteiger charge is 2.52. The fourth-order valence-electron chi connectivity index (χ4n) is 11.0. The van der Waals surface area contributed by atoms with Crippen LogP contribution < -0.4 is 18.9 Å². The van der Waals surface area contributed by atoms with Gasteiger partial charge >= 0.3 is 5.76 Å². The van der Waals surface area contributed by atoms with Crippen LogP contribution >= 0.6 is 0 Å². The van der Waals surface area contributed by atoms with Crippen LogP contribution in [0.15, 0.2) is 42.5 Å². The Bertz CT molecular complexity index is 2230. The van der Waals surface area contributed by atoms with Crippen molar-refractivity contribution in [3.8, 4) is 11.5 Å². The monoisotopic (exact) mass is 918 g/mol. The summed E-state index contributed by atoms with van der Waals surface area (Å²) in [5, 5.41) is 0. The van der Waals surface area contributed by atoms with E-state index in [2.05, 4.69) is 9.44 Å². The van der Waals surface area contributed by atoms with Crippen LogP contribution in [0.3, 0.4) is 0 Å². The van der Waals surface area contributed by atoms with Crippen molar-refractivity contribution in [1.29, 1.82) is 0 Å². The summed E-state index contributed by atoms with van der Waals surface area (Å²) in [5.74, 6) is -3.51. The van der Waals surface area contributed by atoms with E-state index in [9.17, 15) is 35.2 Å². The van der Waals surface area contributed by atoms with Gasteiger partial charge in [0.25, 0.3) is 21.8 Å². The molecular formula is C45H60F2N4O10S2. The van der Waals surface area contributed by atoms with Gasteiger partial charge in [0.2, 0.25) is 10.0 Å². The van der Waals surface area contributed by atoms with Gasteiger partial charge in [-0.1, -0.05) is 30.3 Å². The van der Waals surface area contributed by atoms with E-state index < -0.39 is 66.5 Å². The van der Waals surface area contributed by atoms with Gasteiger partial charge in [-0.15, -0.1) is 0 Å². The molecular weight excluding hydrogens is 859 g/mol.